The number of aromatic nitrogens is 2. The summed E-state index contributed by atoms with van der Waals surface area (Å²) in [5.41, 5.74) is 4.83. The van der Waals surface area contributed by atoms with E-state index < -0.39 is 0 Å². The van der Waals surface area contributed by atoms with Gasteiger partial charge in [-0.25, -0.2) is 4.98 Å². The van der Waals surface area contributed by atoms with Crippen LogP contribution in [0.5, 0.6) is 0 Å². The first kappa shape index (κ1) is 17.3. The lowest BCUT2D eigenvalue weighted by Gasteiger charge is -2.10. The van der Waals surface area contributed by atoms with Gasteiger partial charge >= 0.3 is 0 Å². The molecule has 0 atom stereocenters. The number of benzene rings is 1. The Morgan fingerprint density at radius 3 is 2.56 bits per heavy atom. The van der Waals surface area contributed by atoms with Crippen LogP contribution in [0.3, 0.4) is 0 Å². The van der Waals surface area contributed by atoms with E-state index in [1.807, 2.05) is 36.5 Å². The van der Waals surface area contributed by atoms with E-state index in [9.17, 15) is 4.79 Å². The summed E-state index contributed by atoms with van der Waals surface area (Å²) < 4.78 is 0. The van der Waals surface area contributed by atoms with Crippen LogP contribution in [0.25, 0.3) is 21.8 Å². The molecule has 128 valence electrons. The third-order valence-electron chi connectivity index (χ3n) is 3.91. The molecule has 1 amide bonds. The van der Waals surface area contributed by atoms with Gasteiger partial charge in [0, 0.05) is 48.1 Å². The molecule has 3 aromatic rings. The fourth-order valence-electron chi connectivity index (χ4n) is 2.58. The molecule has 0 spiro atoms. The summed E-state index contributed by atoms with van der Waals surface area (Å²) >= 11 is 1.63. The maximum Gasteiger partial charge on any atom is 0.253 e. The number of carbonyl (C=O) groups is 1. The number of nitrogens with zero attached hydrogens (tertiary/aromatic N) is 3. The van der Waals surface area contributed by atoms with Crippen LogP contribution in [0.2, 0.25) is 0 Å². The second-order valence-corrected chi connectivity index (χ2v) is 6.96. The van der Waals surface area contributed by atoms with E-state index in [2.05, 4.69) is 23.4 Å². The Hall–Kier alpha value is -2.53. The van der Waals surface area contributed by atoms with Crippen LogP contribution in [0, 0.1) is 0 Å². The summed E-state index contributed by atoms with van der Waals surface area (Å²) in [6, 6.07) is 11.7. The van der Waals surface area contributed by atoms with Crippen molar-refractivity contribution >= 4 is 17.2 Å². The molecule has 0 unspecified atom stereocenters. The molecule has 0 saturated carbocycles. The maximum absolute atomic E-state index is 12.0. The number of amides is 1. The lowest BCUT2D eigenvalue weighted by atomic mass is 10.1. The van der Waals surface area contributed by atoms with E-state index in [1.54, 1.807) is 30.3 Å². The average molecular weight is 351 g/mol. The second kappa shape index (κ2) is 7.57. The van der Waals surface area contributed by atoms with Crippen molar-refractivity contribution in [2.75, 3.05) is 14.1 Å². The Morgan fingerprint density at radius 1 is 1.12 bits per heavy atom. The summed E-state index contributed by atoms with van der Waals surface area (Å²) in [5, 5.41) is 3.04. The fourth-order valence-corrected chi connectivity index (χ4v) is 3.41. The highest BCUT2D eigenvalue weighted by Gasteiger charge is 2.10. The first-order valence-corrected chi connectivity index (χ1v) is 9.19. The molecule has 0 fully saturated rings. The smallest absolute Gasteiger partial charge is 0.253 e. The summed E-state index contributed by atoms with van der Waals surface area (Å²) in [4.78, 5) is 22.7. The SMILES string of the molecule is CCCc1cc(-c2nc(-c3ccc(C(=O)N(C)C)cc3)cs2)ccn1. The van der Waals surface area contributed by atoms with Crippen LogP contribution < -0.4 is 0 Å². The Bertz CT molecular complexity index is 869. The number of hydrogen-bond donors (Lipinski definition) is 0. The van der Waals surface area contributed by atoms with Crippen molar-refractivity contribution < 1.29 is 4.79 Å². The third-order valence-corrected chi connectivity index (χ3v) is 4.80. The second-order valence-electron chi connectivity index (χ2n) is 6.10. The molecular weight excluding hydrogens is 330 g/mol. The predicted molar refractivity (Wildman–Crippen MR) is 103 cm³/mol. The zero-order chi connectivity index (χ0) is 17.8. The van der Waals surface area contributed by atoms with Crippen molar-refractivity contribution in [3.05, 3.63) is 59.2 Å². The highest BCUT2D eigenvalue weighted by Crippen LogP contribution is 2.29. The van der Waals surface area contributed by atoms with E-state index in [1.165, 1.54) is 0 Å². The van der Waals surface area contributed by atoms with Gasteiger partial charge < -0.3 is 4.90 Å². The Kier molecular flexibility index (Phi) is 5.24. The molecule has 1 aromatic carbocycles. The maximum atomic E-state index is 12.0. The van der Waals surface area contributed by atoms with Gasteiger partial charge in [0.1, 0.15) is 5.01 Å². The van der Waals surface area contributed by atoms with Crippen molar-refractivity contribution in [1.29, 1.82) is 0 Å². The van der Waals surface area contributed by atoms with Gasteiger partial charge in [-0.3, -0.25) is 9.78 Å². The molecule has 0 N–H and O–H groups in total. The van der Waals surface area contributed by atoms with E-state index in [0.29, 0.717) is 5.56 Å². The van der Waals surface area contributed by atoms with Crippen molar-refractivity contribution in [2.45, 2.75) is 19.8 Å². The van der Waals surface area contributed by atoms with E-state index in [4.69, 9.17) is 4.98 Å². The number of hydrogen-bond acceptors (Lipinski definition) is 4. The molecule has 0 aliphatic heterocycles. The van der Waals surface area contributed by atoms with Crippen molar-refractivity contribution in [3.8, 4) is 21.8 Å². The molecule has 0 saturated heterocycles. The van der Waals surface area contributed by atoms with Crippen molar-refractivity contribution in [2.24, 2.45) is 0 Å². The Labute approximate surface area is 152 Å². The molecular formula is C20H21N3OS. The minimum absolute atomic E-state index is 0.00533. The van der Waals surface area contributed by atoms with Gasteiger partial charge in [0.05, 0.1) is 5.69 Å². The van der Waals surface area contributed by atoms with E-state index >= 15 is 0 Å². The highest BCUT2D eigenvalue weighted by molar-refractivity contribution is 7.13. The molecule has 25 heavy (non-hydrogen) atoms. The Morgan fingerprint density at radius 2 is 1.88 bits per heavy atom. The minimum atomic E-state index is 0.00533. The van der Waals surface area contributed by atoms with Gasteiger partial charge in [-0.05, 0) is 30.7 Å². The van der Waals surface area contributed by atoms with Gasteiger partial charge in [-0.2, -0.15) is 0 Å². The first-order valence-electron chi connectivity index (χ1n) is 8.31. The quantitative estimate of drug-likeness (QED) is 0.678. The van der Waals surface area contributed by atoms with Crippen LogP contribution in [-0.2, 0) is 6.42 Å². The molecule has 4 nitrogen and oxygen atoms in total. The van der Waals surface area contributed by atoms with E-state index in [0.717, 1.165) is 40.4 Å². The topological polar surface area (TPSA) is 46.1 Å². The predicted octanol–water partition coefficient (Wildman–Crippen LogP) is 4.53. The summed E-state index contributed by atoms with van der Waals surface area (Å²) in [5.74, 6) is 0.00533. The monoisotopic (exact) mass is 351 g/mol. The molecule has 0 radical (unpaired) electrons. The number of rotatable bonds is 5. The van der Waals surface area contributed by atoms with Gasteiger partial charge in [0.2, 0.25) is 0 Å². The van der Waals surface area contributed by atoms with Gasteiger partial charge in [0.15, 0.2) is 0 Å². The zero-order valence-corrected chi connectivity index (χ0v) is 15.5. The average Bonchev–Trinajstić information content (AvgIpc) is 3.12. The zero-order valence-electron chi connectivity index (χ0n) is 14.7. The molecule has 2 aromatic heterocycles. The van der Waals surface area contributed by atoms with Crippen LogP contribution in [0.1, 0.15) is 29.4 Å². The number of aryl methyl sites for hydroxylation is 1. The normalized spacial score (nSPS) is 10.7. The van der Waals surface area contributed by atoms with Crippen LogP contribution >= 0.6 is 11.3 Å². The largest absolute Gasteiger partial charge is 0.345 e. The van der Waals surface area contributed by atoms with Crippen molar-refractivity contribution in [1.82, 2.24) is 14.9 Å². The minimum Gasteiger partial charge on any atom is -0.345 e. The third kappa shape index (κ3) is 3.94. The molecule has 3 rings (SSSR count). The van der Waals surface area contributed by atoms with Crippen LogP contribution in [0.15, 0.2) is 48.0 Å². The molecule has 0 aliphatic rings. The first-order chi connectivity index (χ1) is 12.1. The van der Waals surface area contributed by atoms with Gasteiger partial charge in [-0.1, -0.05) is 25.5 Å². The summed E-state index contributed by atoms with van der Waals surface area (Å²) in [7, 11) is 3.51. The van der Waals surface area contributed by atoms with Gasteiger partial charge in [0.25, 0.3) is 5.91 Å². The Balaban J connectivity index is 1.84. The van der Waals surface area contributed by atoms with Gasteiger partial charge in [-0.15, -0.1) is 11.3 Å². The standard InChI is InChI=1S/C20H21N3OS/c1-4-5-17-12-16(10-11-21-17)19-22-18(13-25-19)14-6-8-15(9-7-14)20(24)23(2)3/h6-13H,4-5H2,1-3H3. The highest BCUT2D eigenvalue weighted by atomic mass is 32.1. The lowest BCUT2D eigenvalue weighted by molar-refractivity contribution is 0.0827. The van der Waals surface area contributed by atoms with Crippen molar-refractivity contribution in [3.63, 3.8) is 0 Å². The van der Waals surface area contributed by atoms with Crippen LogP contribution in [0.4, 0.5) is 0 Å². The summed E-state index contributed by atoms with van der Waals surface area (Å²) in [6.07, 6.45) is 3.91. The lowest BCUT2D eigenvalue weighted by Crippen LogP contribution is -2.21. The summed E-state index contributed by atoms with van der Waals surface area (Å²) in [6.45, 7) is 2.15. The molecule has 0 aliphatic carbocycles. The number of thiazole rings is 1. The fraction of sp³-hybridized carbons (Fsp3) is 0.250. The molecule has 0 bridgehead atoms. The van der Waals surface area contributed by atoms with Crippen LogP contribution in [-0.4, -0.2) is 34.9 Å². The number of carbonyl (C=O) groups excluding carboxylic acids is 1. The number of pyridine rings is 1. The molecule has 5 heteroatoms. The van der Waals surface area contributed by atoms with E-state index in [-0.39, 0.29) is 5.91 Å². The molecule has 2 heterocycles.